The van der Waals surface area contributed by atoms with E-state index in [9.17, 15) is 0 Å². The lowest BCUT2D eigenvalue weighted by Gasteiger charge is -2.31. The van der Waals surface area contributed by atoms with E-state index in [0.29, 0.717) is 0 Å². The van der Waals surface area contributed by atoms with Crippen molar-refractivity contribution in [3.8, 4) is 0 Å². The number of hydrogen-bond donors (Lipinski definition) is 1. The molecule has 0 aliphatic rings. The van der Waals surface area contributed by atoms with Gasteiger partial charge in [0, 0.05) is 12.5 Å². The Balaban J connectivity index is 3.95. The van der Waals surface area contributed by atoms with Gasteiger partial charge in [-0.05, 0) is 6.42 Å². The maximum atomic E-state index is 9.11. The van der Waals surface area contributed by atoms with Crippen LogP contribution in [0.2, 0.25) is 0 Å². The van der Waals surface area contributed by atoms with Gasteiger partial charge in [0.1, 0.15) is 0 Å². The van der Waals surface area contributed by atoms with Gasteiger partial charge in [0.25, 0.3) is 0 Å². The van der Waals surface area contributed by atoms with Gasteiger partial charge in [0.15, 0.2) is 0 Å². The van der Waals surface area contributed by atoms with Gasteiger partial charge in [0.05, 0.1) is 12.7 Å². The van der Waals surface area contributed by atoms with Gasteiger partial charge in [-0.3, -0.25) is 0 Å². The molecule has 74 valence electrons. The van der Waals surface area contributed by atoms with E-state index in [1.165, 1.54) is 12.8 Å². The smallest absolute Gasteiger partial charge is 0.0644 e. The van der Waals surface area contributed by atoms with Crippen molar-refractivity contribution in [1.29, 1.82) is 0 Å². The third kappa shape index (κ3) is 3.55. The topological polar surface area (TPSA) is 29.5 Å². The molecule has 1 atom stereocenters. The molecule has 0 aromatic rings. The number of aliphatic hydroxyl groups is 1. The third-order valence-electron chi connectivity index (χ3n) is 2.38. The summed E-state index contributed by atoms with van der Waals surface area (Å²) >= 11 is 0. The van der Waals surface area contributed by atoms with E-state index in [2.05, 4.69) is 6.92 Å². The monoisotopic (exact) mass is 174 g/mol. The Hall–Kier alpha value is -0.0800. The molecule has 0 amide bonds. The first-order valence-electron chi connectivity index (χ1n) is 4.72. The molecule has 0 aromatic carbocycles. The molecule has 2 nitrogen and oxygen atoms in total. The molecular formula is C10H22O2. The average Bonchev–Trinajstić information content (AvgIpc) is 2.05. The van der Waals surface area contributed by atoms with Crippen molar-refractivity contribution < 1.29 is 9.84 Å². The second-order valence-corrected chi connectivity index (χ2v) is 4.01. The molecule has 0 heterocycles. The fraction of sp³-hybridized carbons (Fsp3) is 1.00. The number of hydrogen-bond acceptors (Lipinski definition) is 2. The van der Waals surface area contributed by atoms with E-state index in [0.717, 1.165) is 6.42 Å². The summed E-state index contributed by atoms with van der Waals surface area (Å²) in [5.74, 6) is 0. The van der Waals surface area contributed by atoms with E-state index in [-0.39, 0.29) is 18.1 Å². The summed E-state index contributed by atoms with van der Waals surface area (Å²) in [6, 6.07) is 0. The van der Waals surface area contributed by atoms with E-state index < -0.39 is 0 Å². The van der Waals surface area contributed by atoms with Gasteiger partial charge < -0.3 is 9.84 Å². The first kappa shape index (κ1) is 11.9. The summed E-state index contributed by atoms with van der Waals surface area (Å²) in [5, 5.41) is 9.11. The highest BCUT2D eigenvalue weighted by Gasteiger charge is 2.27. The molecule has 0 aliphatic carbocycles. The number of aliphatic hydroxyl groups excluding tert-OH is 1. The molecule has 0 aromatic heterocycles. The van der Waals surface area contributed by atoms with Crippen LogP contribution in [0.4, 0.5) is 0 Å². The minimum absolute atomic E-state index is 0.107. The number of methoxy groups -OCH3 is 1. The van der Waals surface area contributed by atoms with Crippen LogP contribution >= 0.6 is 0 Å². The van der Waals surface area contributed by atoms with Crippen molar-refractivity contribution in [3.63, 3.8) is 0 Å². The predicted molar refractivity (Wildman–Crippen MR) is 51.2 cm³/mol. The van der Waals surface area contributed by atoms with Crippen LogP contribution in [-0.2, 0) is 4.74 Å². The molecule has 0 saturated carbocycles. The van der Waals surface area contributed by atoms with Crippen molar-refractivity contribution in [2.75, 3.05) is 13.7 Å². The van der Waals surface area contributed by atoms with Gasteiger partial charge in [-0.25, -0.2) is 0 Å². The summed E-state index contributed by atoms with van der Waals surface area (Å²) in [5.41, 5.74) is -0.107. The van der Waals surface area contributed by atoms with Crippen molar-refractivity contribution in [3.05, 3.63) is 0 Å². The van der Waals surface area contributed by atoms with Crippen LogP contribution in [0, 0.1) is 5.41 Å². The quantitative estimate of drug-likeness (QED) is 0.669. The van der Waals surface area contributed by atoms with Gasteiger partial charge in [-0.1, -0.05) is 33.6 Å². The van der Waals surface area contributed by atoms with E-state index in [1.54, 1.807) is 7.11 Å². The largest absolute Gasteiger partial charge is 0.396 e. The Morgan fingerprint density at radius 2 is 2.00 bits per heavy atom. The third-order valence-corrected chi connectivity index (χ3v) is 2.38. The second kappa shape index (κ2) is 5.55. The zero-order chi connectivity index (χ0) is 9.61. The maximum Gasteiger partial charge on any atom is 0.0644 e. The van der Waals surface area contributed by atoms with Crippen LogP contribution in [0.15, 0.2) is 0 Å². The molecule has 12 heavy (non-hydrogen) atoms. The first-order chi connectivity index (χ1) is 5.58. The van der Waals surface area contributed by atoms with E-state index in [4.69, 9.17) is 9.84 Å². The SMILES string of the molecule is CCCCC(OC)C(C)(C)CO. The molecule has 0 bridgehead atoms. The summed E-state index contributed by atoms with van der Waals surface area (Å²) in [6.07, 6.45) is 3.58. The molecule has 0 radical (unpaired) electrons. The Bertz CT molecular complexity index is 110. The molecule has 1 N–H and O–H groups in total. The highest BCUT2D eigenvalue weighted by Crippen LogP contribution is 2.25. The Labute approximate surface area is 75.9 Å². The highest BCUT2D eigenvalue weighted by atomic mass is 16.5. The number of ether oxygens (including phenoxy) is 1. The fourth-order valence-electron chi connectivity index (χ4n) is 1.32. The van der Waals surface area contributed by atoms with Crippen LogP contribution in [-0.4, -0.2) is 24.9 Å². The summed E-state index contributed by atoms with van der Waals surface area (Å²) < 4.78 is 5.35. The van der Waals surface area contributed by atoms with Crippen LogP contribution in [0.25, 0.3) is 0 Å². The van der Waals surface area contributed by atoms with Crippen molar-refractivity contribution in [2.45, 2.75) is 46.1 Å². The molecule has 2 heteroatoms. The highest BCUT2D eigenvalue weighted by molar-refractivity contribution is 4.77. The minimum Gasteiger partial charge on any atom is -0.396 e. The zero-order valence-corrected chi connectivity index (χ0v) is 8.76. The predicted octanol–water partition coefficient (Wildman–Crippen LogP) is 2.21. The fourth-order valence-corrected chi connectivity index (χ4v) is 1.32. The lowest BCUT2D eigenvalue weighted by atomic mass is 9.84. The Kier molecular flexibility index (Phi) is 5.51. The van der Waals surface area contributed by atoms with Crippen molar-refractivity contribution in [2.24, 2.45) is 5.41 Å². The molecular weight excluding hydrogens is 152 g/mol. The second-order valence-electron chi connectivity index (χ2n) is 4.01. The van der Waals surface area contributed by atoms with E-state index >= 15 is 0 Å². The Morgan fingerprint density at radius 3 is 2.33 bits per heavy atom. The van der Waals surface area contributed by atoms with Crippen LogP contribution < -0.4 is 0 Å². The average molecular weight is 174 g/mol. The molecule has 0 aliphatic heterocycles. The zero-order valence-electron chi connectivity index (χ0n) is 8.76. The molecule has 0 rings (SSSR count). The van der Waals surface area contributed by atoms with Crippen LogP contribution in [0.3, 0.4) is 0 Å². The molecule has 1 unspecified atom stereocenters. The van der Waals surface area contributed by atoms with E-state index in [1.807, 2.05) is 13.8 Å². The number of unbranched alkanes of at least 4 members (excludes halogenated alkanes) is 1. The normalized spacial score (nSPS) is 14.8. The van der Waals surface area contributed by atoms with Gasteiger partial charge in [-0.2, -0.15) is 0 Å². The van der Waals surface area contributed by atoms with Gasteiger partial charge in [0.2, 0.25) is 0 Å². The van der Waals surface area contributed by atoms with Crippen LogP contribution in [0.1, 0.15) is 40.0 Å². The minimum atomic E-state index is -0.107. The summed E-state index contributed by atoms with van der Waals surface area (Å²) in [7, 11) is 1.72. The lowest BCUT2D eigenvalue weighted by Crippen LogP contribution is -2.34. The van der Waals surface area contributed by atoms with Gasteiger partial charge in [-0.15, -0.1) is 0 Å². The van der Waals surface area contributed by atoms with Crippen molar-refractivity contribution >= 4 is 0 Å². The van der Waals surface area contributed by atoms with Crippen molar-refractivity contribution in [1.82, 2.24) is 0 Å². The summed E-state index contributed by atoms with van der Waals surface area (Å²) in [4.78, 5) is 0. The first-order valence-corrected chi connectivity index (χ1v) is 4.72. The number of rotatable bonds is 6. The lowest BCUT2D eigenvalue weighted by molar-refractivity contribution is -0.0290. The maximum absolute atomic E-state index is 9.11. The molecule has 0 fully saturated rings. The molecule has 0 saturated heterocycles. The summed E-state index contributed by atoms with van der Waals surface area (Å²) in [6.45, 7) is 6.43. The van der Waals surface area contributed by atoms with Crippen LogP contribution in [0.5, 0.6) is 0 Å². The van der Waals surface area contributed by atoms with Gasteiger partial charge >= 0.3 is 0 Å². The molecule has 0 spiro atoms. The Morgan fingerprint density at radius 1 is 1.42 bits per heavy atom. The standard InChI is InChI=1S/C10H22O2/c1-5-6-7-9(12-4)10(2,3)8-11/h9,11H,5-8H2,1-4H3.